The van der Waals surface area contributed by atoms with Crippen molar-refractivity contribution in [3.63, 3.8) is 0 Å². The van der Waals surface area contributed by atoms with Gasteiger partial charge in [-0.05, 0) is 42.3 Å². The van der Waals surface area contributed by atoms with E-state index >= 15 is 0 Å². The molecule has 5 nitrogen and oxygen atoms in total. The smallest absolute Gasteiger partial charge is 0.315 e. The molecule has 0 spiro atoms. The molecule has 2 atom stereocenters. The molecule has 0 aliphatic rings. The molecule has 2 amide bonds. The van der Waals surface area contributed by atoms with Crippen LogP contribution in [-0.4, -0.2) is 24.8 Å². The minimum atomic E-state index is -1.03. The first-order valence-electron chi connectivity index (χ1n) is 7.72. The fourth-order valence-electron chi connectivity index (χ4n) is 2.30. The van der Waals surface area contributed by atoms with Gasteiger partial charge in [-0.15, -0.1) is 0 Å². The molecule has 0 bridgehead atoms. The van der Waals surface area contributed by atoms with Crippen LogP contribution < -0.4 is 15.4 Å². The lowest BCUT2D eigenvalue weighted by molar-refractivity contribution is 0.172. The second kappa shape index (κ2) is 8.43. The summed E-state index contributed by atoms with van der Waals surface area (Å²) in [5.41, 5.74) is 0.935. The molecular weight excluding hydrogens is 330 g/mol. The van der Waals surface area contributed by atoms with Gasteiger partial charge in [-0.2, -0.15) is 0 Å². The second-order valence-electron chi connectivity index (χ2n) is 5.54. The predicted molar refractivity (Wildman–Crippen MR) is 89.3 cm³/mol. The summed E-state index contributed by atoms with van der Waals surface area (Å²) in [6.07, 6.45) is -1.03. The first-order chi connectivity index (χ1) is 11.9. The molecule has 2 rings (SSSR count). The fourth-order valence-corrected chi connectivity index (χ4v) is 2.30. The van der Waals surface area contributed by atoms with Crippen molar-refractivity contribution in [1.82, 2.24) is 10.6 Å². The second-order valence-corrected chi connectivity index (χ2v) is 5.54. The lowest BCUT2D eigenvalue weighted by Crippen LogP contribution is -2.39. The molecule has 0 aliphatic heterocycles. The van der Waals surface area contributed by atoms with Crippen molar-refractivity contribution >= 4 is 6.03 Å². The van der Waals surface area contributed by atoms with Gasteiger partial charge in [0.2, 0.25) is 0 Å². The van der Waals surface area contributed by atoms with E-state index in [0.717, 1.165) is 0 Å². The third kappa shape index (κ3) is 5.15. The van der Waals surface area contributed by atoms with Crippen LogP contribution in [0.4, 0.5) is 13.6 Å². The lowest BCUT2D eigenvalue weighted by Gasteiger charge is -2.17. The molecule has 0 aromatic heterocycles. The Hall–Kier alpha value is -2.67. The van der Waals surface area contributed by atoms with Crippen molar-refractivity contribution in [2.24, 2.45) is 0 Å². The van der Waals surface area contributed by atoms with Gasteiger partial charge in [-0.1, -0.05) is 18.2 Å². The number of aliphatic hydroxyl groups excluding tert-OH is 1. The van der Waals surface area contributed by atoms with E-state index < -0.39 is 29.8 Å². The fraction of sp³-hybridized carbons (Fsp3) is 0.278. The lowest BCUT2D eigenvalue weighted by atomic mass is 10.1. The minimum Gasteiger partial charge on any atom is -0.494 e. The maximum absolute atomic E-state index is 13.7. The van der Waals surface area contributed by atoms with Gasteiger partial charge in [0.25, 0.3) is 0 Å². The topological polar surface area (TPSA) is 70.6 Å². The molecule has 25 heavy (non-hydrogen) atoms. The highest BCUT2D eigenvalue weighted by molar-refractivity contribution is 5.74. The van der Waals surface area contributed by atoms with Gasteiger partial charge >= 0.3 is 6.03 Å². The van der Waals surface area contributed by atoms with Gasteiger partial charge in [0.15, 0.2) is 11.6 Å². The van der Waals surface area contributed by atoms with Crippen LogP contribution in [-0.2, 0) is 0 Å². The maximum Gasteiger partial charge on any atom is 0.315 e. The van der Waals surface area contributed by atoms with E-state index in [-0.39, 0.29) is 12.3 Å². The van der Waals surface area contributed by atoms with E-state index in [2.05, 4.69) is 10.6 Å². The molecule has 2 aromatic carbocycles. The standard InChI is InChI=1S/C18H20F2N2O3/c1-11(12-6-7-17(25-2)15(20)9-12)22-18(24)21-10-16(23)13-4-3-5-14(19)8-13/h3-9,11,16,23H,10H2,1-2H3,(H2,21,22,24)/t11-,16-/m0/s1. The summed E-state index contributed by atoms with van der Waals surface area (Å²) in [7, 11) is 1.37. The van der Waals surface area contributed by atoms with Crippen LogP contribution in [0.3, 0.4) is 0 Å². The molecule has 0 fully saturated rings. The summed E-state index contributed by atoms with van der Waals surface area (Å²) < 4.78 is 31.7. The van der Waals surface area contributed by atoms with Crippen LogP contribution >= 0.6 is 0 Å². The average Bonchev–Trinajstić information content (AvgIpc) is 2.59. The van der Waals surface area contributed by atoms with Gasteiger partial charge in [0.1, 0.15) is 5.82 Å². The monoisotopic (exact) mass is 350 g/mol. The normalized spacial score (nSPS) is 13.0. The first kappa shape index (κ1) is 18.7. The summed E-state index contributed by atoms with van der Waals surface area (Å²) in [4.78, 5) is 11.9. The zero-order valence-corrected chi connectivity index (χ0v) is 13.9. The van der Waals surface area contributed by atoms with Gasteiger partial charge in [-0.3, -0.25) is 0 Å². The molecule has 2 aromatic rings. The summed E-state index contributed by atoms with van der Waals surface area (Å²) in [5.74, 6) is -0.856. The molecule has 3 N–H and O–H groups in total. The number of aliphatic hydroxyl groups is 1. The number of hydrogen-bond acceptors (Lipinski definition) is 3. The predicted octanol–water partition coefficient (Wildman–Crippen LogP) is 3.07. The highest BCUT2D eigenvalue weighted by Crippen LogP contribution is 2.21. The Morgan fingerprint density at radius 2 is 1.96 bits per heavy atom. The summed E-state index contributed by atoms with van der Waals surface area (Å²) >= 11 is 0. The van der Waals surface area contributed by atoms with E-state index in [1.807, 2.05) is 0 Å². The average molecular weight is 350 g/mol. The number of halogens is 2. The number of carbonyl (C=O) groups is 1. The van der Waals surface area contributed by atoms with Crippen molar-refractivity contribution < 1.29 is 23.4 Å². The molecule has 0 unspecified atom stereocenters. The van der Waals surface area contributed by atoms with E-state index in [9.17, 15) is 18.7 Å². The first-order valence-corrected chi connectivity index (χ1v) is 7.72. The van der Waals surface area contributed by atoms with E-state index in [0.29, 0.717) is 11.1 Å². The van der Waals surface area contributed by atoms with Gasteiger partial charge in [-0.25, -0.2) is 13.6 Å². The van der Waals surface area contributed by atoms with E-state index in [1.165, 1.54) is 37.4 Å². The van der Waals surface area contributed by atoms with Crippen molar-refractivity contribution in [3.05, 3.63) is 65.2 Å². The summed E-state index contributed by atoms with van der Waals surface area (Å²) in [6.45, 7) is 1.61. The number of ether oxygens (including phenoxy) is 1. The third-order valence-electron chi connectivity index (χ3n) is 3.71. The molecule has 0 aliphatic carbocycles. The van der Waals surface area contributed by atoms with Gasteiger partial charge in [0, 0.05) is 6.54 Å². The number of nitrogens with one attached hydrogen (secondary N) is 2. The van der Waals surface area contributed by atoms with Gasteiger partial charge < -0.3 is 20.5 Å². The quantitative estimate of drug-likeness (QED) is 0.750. The Morgan fingerprint density at radius 1 is 1.20 bits per heavy atom. The molecule has 0 saturated carbocycles. The summed E-state index contributed by atoms with van der Waals surface area (Å²) in [6, 6.07) is 8.95. The van der Waals surface area contributed by atoms with Crippen molar-refractivity contribution in [3.8, 4) is 5.75 Å². The molecule has 0 saturated heterocycles. The Labute approximate surface area is 144 Å². The summed E-state index contributed by atoms with van der Waals surface area (Å²) in [5, 5.41) is 15.1. The van der Waals surface area contributed by atoms with Crippen LogP contribution in [0.5, 0.6) is 5.75 Å². The van der Waals surface area contributed by atoms with E-state index in [4.69, 9.17) is 4.74 Å². The van der Waals surface area contributed by atoms with Crippen LogP contribution in [0.2, 0.25) is 0 Å². The number of rotatable bonds is 6. The maximum atomic E-state index is 13.7. The Bertz CT molecular complexity index is 740. The van der Waals surface area contributed by atoms with Crippen LogP contribution in [0.25, 0.3) is 0 Å². The molecule has 0 radical (unpaired) electrons. The van der Waals surface area contributed by atoms with Crippen molar-refractivity contribution in [2.75, 3.05) is 13.7 Å². The Kier molecular flexibility index (Phi) is 6.30. The van der Waals surface area contributed by atoms with Crippen LogP contribution in [0.15, 0.2) is 42.5 Å². The Balaban J connectivity index is 1.88. The molecular formula is C18H20F2N2O3. The number of benzene rings is 2. The number of carbonyl (C=O) groups excluding carboxylic acids is 1. The number of hydrogen-bond donors (Lipinski definition) is 3. The highest BCUT2D eigenvalue weighted by Gasteiger charge is 2.14. The number of methoxy groups -OCH3 is 1. The van der Waals surface area contributed by atoms with Crippen molar-refractivity contribution in [1.29, 1.82) is 0 Å². The van der Waals surface area contributed by atoms with Crippen LogP contribution in [0, 0.1) is 11.6 Å². The zero-order valence-electron chi connectivity index (χ0n) is 13.9. The zero-order chi connectivity index (χ0) is 18.4. The number of amides is 2. The van der Waals surface area contributed by atoms with Crippen molar-refractivity contribution in [2.45, 2.75) is 19.1 Å². The minimum absolute atomic E-state index is 0.0843. The molecule has 134 valence electrons. The highest BCUT2D eigenvalue weighted by atomic mass is 19.1. The molecule has 7 heteroatoms. The largest absolute Gasteiger partial charge is 0.494 e. The number of urea groups is 1. The van der Waals surface area contributed by atoms with E-state index in [1.54, 1.807) is 19.1 Å². The SMILES string of the molecule is COc1ccc([C@H](C)NC(=O)NC[C@H](O)c2cccc(F)c2)cc1F. The third-order valence-corrected chi connectivity index (χ3v) is 3.71. The van der Waals surface area contributed by atoms with Gasteiger partial charge in [0.05, 0.1) is 19.3 Å². The Morgan fingerprint density at radius 3 is 2.60 bits per heavy atom. The van der Waals surface area contributed by atoms with Crippen LogP contribution in [0.1, 0.15) is 30.2 Å². The molecule has 0 heterocycles.